The van der Waals surface area contributed by atoms with Gasteiger partial charge in [0.15, 0.2) is 0 Å². The fourth-order valence-corrected chi connectivity index (χ4v) is 1.82. The normalized spacial score (nSPS) is 11.6. The molecule has 0 aliphatic heterocycles. The average Bonchev–Trinajstić information content (AvgIpc) is 2.31. The van der Waals surface area contributed by atoms with Crippen molar-refractivity contribution in [3.8, 4) is 0 Å². The van der Waals surface area contributed by atoms with Crippen LogP contribution >= 0.6 is 11.6 Å². The quantitative estimate of drug-likeness (QED) is 0.778. The van der Waals surface area contributed by atoms with E-state index in [1.54, 1.807) is 6.92 Å². The highest BCUT2D eigenvalue weighted by Gasteiger charge is 2.15. The van der Waals surface area contributed by atoms with Gasteiger partial charge < -0.3 is 10.4 Å². The molecule has 0 radical (unpaired) electrons. The van der Waals surface area contributed by atoms with Gasteiger partial charge in [0.05, 0.1) is 10.7 Å². The lowest BCUT2D eigenvalue weighted by Gasteiger charge is -2.10. The molecule has 8 heteroatoms. The number of carbonyl (C=O) groups excluding carboxylic acids is 2. The van der Waals surface area contributed by atoms with Gasteiger partial charge in [0.2, 0.25) is 5.91 Å². The summed E-state index contributed by atoms with van der Waals surface area (Å²) >= 11 is 5.72. The SMILES string of the molecule is CC(CC(=O)O)CC(=O)NC(=O)Nc1ccc(F)cc1Cl. The highest BCUT2D eigenvalue weighted by molar-refractivity contribution is 6.33. The molecule has 0 aliphatic carbocycles. The minimum absolute atomic E-state index is 0.00292. The Hall–Kier alpha value is -2.15. The van der Waals surface area contributed by atoms with E-state index >= 15 is 0 Å². The number of benzene rings is 1. The second-order valence-electron chi connectivity index (χ2n) is 4.53. The highest BCUT2D eigenvalue weighted by atomic mass is 35.5. The van der Waals surface area contributed by atoms with Crippen LogP contribution in [0.4, 0.5) is 14.9 Å². The molecule has 0 saturated heterocycles. The van der Waals surface area contributed by atoms with Crippen LogP contribution in [0.5, 0.6) is 0 Å². The van der Waals surface area contributed by atoms with Gasteiger partial charge in [-0.3, -0.25) is 14.9 Å². The summed E-state index contributed by atoms with van der Waals surface area (Å²) in [6.45, 7) is 1.59. The number of aliphatic carboxylic acids is 1. The van der Waals surface area contributed by atoms with E-state index in [1.807, 2.05) is 5.32 Å². The number of anilines is 1. The monoisotopic (exact) mass is 316 g/mol. The molecule has 21 heavy (non-hydrogen) atoms. The lowest BCUT2D eigenvalue weighted by molar-refractivity contribution is -0.138. The fraction of sp³-hybridized carbons (Fsp3) is 0.308. The minimum Gasteiger partial charge on any atom is -0.481 e. The Balaban J connectivity index is 2.49. The summed E-state index contributed by atoms with van der Waals surface area (Å²) in [5.74, 6) is -2.58. The molecule has 114 valence electrons. The van der Waals surface area contributed by atoms with Crippen LogP contribution in [0, 0.1) is 11.7 Å². The molecular weight excluding hydrogens is 303 g/mol. The van der Waals surface area contributed by atoms with E-state index in [9.17, 15) is 18.8 Å². The second kappa shape index (κ2) is 7.58. The van der Waals surface area contributed by atoms with Crippen LogP contribution < -0.4 is 10.6 Å². The molecule has 0 saturated carbocycles. The molecule has 0 bridgehead atoms. The van der Waals surface area contributed by atoms with Gasteiger partial charge in [0.25, 0.3) is 0 Å². The molecule has 1 atom stereocenters. The molecule has 1 rings (SSSR count). The number of hydrogen-bond donors (Lipinski definition) is 3. The molecular formula is C13H14ClFN2O4. The van der Waals surface area contributed by atoms with Gasteiger partial charge in [-0.05, 0) is 24.1 Å². The Kier molecular flexibility index (Phi) is 6.10. The molecule has 0 aliphatic rings. The molecule has 0 fully saturated rings. The molecule has 1 aromatic rings. The lowest BCUT2D eigenvalue weighted by atomic mass is 10.0. The van der Waals surface area contributed by atoms with Gasteiger partial charge in [0, 0.05) is 12.8 Å². The zero-order valence-electron chi connectivity index (χ0n) is 11.2. The van der Waals surface area contributed by atoms with Crippen molar-refractivity contribution >= 4 is 35.2 Å². The zero-order valence-corrected chi connectivity index (χ0v) is 11.9. The molecule has 3 N–H and O–H groups in total. The number of amides is 3. The van der Waals surface area contributed by atoms with E-state index < -0.39 is 29.6 Å². The number of hydrogen-bond acceptors (Lipinski definition) is 3. The van der Waals surface area contributed by atoms with Gasteiger partial charge >= 0.3 is 12.0 Å². The first-order valence-corrected chi connectivity index (χ1v) is 6.43. The first-order valence-electron chi connectivity index (χ1n) is 6.05. The van der Waals surface area contributed by atoms with Gasteiger partial charge in [-0.2, -0.15) is 0 Å². The number of imide groups is 1. The largest absolute Gasteiger partial charge is 0.481 e. The average molecular weight is 317 g/mol. The van der Waals surface area contributed by atoms with Gasteiger partial charge in [-0.1, -0.05) is 18.5 Å². The summed E-state index contributed by atoms with van der Waals surface area (Å²) in [6.07, 6.45) is -0.268. The van der Waals surface area contributed by atoms with Gasteiger partial charge in [0.1, 0.15) is 5.82 Å². The van der Waals surface area contributed by atoms with Crippen molar-refractivity contribution in [1.82, 2.24) is 5.32 Å². The summed E-state index contributed by atoms with van der Waals surface area (Å²) in [4.78, 5) is 33.5. The van der Waals surface area contributed by atoms with Crippen LogP contribution in [0.25, 0.3) is 0 Å². The molecule has 6 nitrogen and oxygen atoms in total. The molecule has 1 aromatic carbocycles. The summed E-state index contributed by atoms with van der Waals surface area (Å²) < 4.78 is 12.8. The predicted molar refractivity (Wildman–Crippen MR) is 74.6 cm³/mol. The van der Waals surface area contributed by atoms with Crippen LogP contribution in [0.2, 0.25) is 5.02 Å². The zero-order chi connectivity index (χ0) is 16.0. The van der Waals surface area contributed by atoms with Crippen LogP contribution in [0.15, 0.2) is 18.2 Å². The molecule has 3 amide bonds. The molecule has 0 spiro atoms. The molecule has 0 aromatic heterocycles. The number of halogens is 2. The maximum Gasteiger partial charge on any atom is 0.325 e. The third kappa shape index (κ3) is 6.22. The van der Waals surface area contributed by atoms with Crippen LogP contribution in [0.3, 0.4) is 0 Å². The van der Waals surface area contributed by atoms with Crippen molar-refractivity contribution in [2.75, 3.05) is 5.32 Å². The van der Waals surface area contributed by atoms with Crippen molar-refractivity contribution in [2.45, 2.75) is 19.8 Å². The Morgan fingerprint density at radius 1 is 1.33 bits per heavy atom. The third-order valence-electron chi connectivity index (χ3n) is 2.49. The number of carboxylic acids is 1. The smallest absolute Gasteiger partial charge is 0.325 e. The minimum atomic E-state index is -1.02. The topological polar surface area (TPSA) is 95.5 Å². The van der Waals surface area contributed by atoms with E-state index in [1.165, 1.54) is 6.07 Å². The molecule has 0 heterocycles. The van der Waals surface area contributed by atoms with E-state index in [0.717, 1.165) is 12.1 Å². The predicted octanol–water partition coefficient (Wildman–Crippen LogP) is 2.63. The highest BCUT2D eigenvalue weighted by Crippen LogP contribution is 2.22. The number of carbonyl (C=O) groups is 3. The van der Waals surface area contributed by atoms with Crippen molar-refractivity contribution in [3.05, 3.63) is 29.0 Å². The second-order valence-corrected chi connectivity index (χ2v) is 4.94. The standard InChI is InChI=1S/C13H14ClFN2O4/c1-7(5-12(19)20)4-11(18)17-13(21)16-10-3-2-8(15)6-9(10)14/h2-3,6-7H,4-5H2,1H3,(H,19,20)(H2,16,17,18,21). The summed E-state index contributed by atoms with van der Waals surface area (Å²) in [5, 5.41) is 12.9. The number of urea groups is 1. The van der Waals surface area contributed by atoms with Crippen LogP contribution in [-0.4, -0.2) is 23.0 Å². The Morgan fingerprint density at radius 3 is 2.57 bits per heavy atom. The van der Waals surface area contributed by atoms with Crippen molar-refractivity contribution in [3.63, 3.8) is 0 Å². The Morgan fingerprint density at radius 2 is 2.00 bits per heavy atom. The van der Waals surface area contributed by atoms with Crippen molar-refractivity contribution in [1.29, 1.82) is 0 Å². The number of nitrogens with one attached hydrogen (secondary N) is 2. The first kappa shape index (κ1) is 16.9. The summed E-state index contributed by atoms with van der Waals surface area (Å²) in [5.41, 5.74) is 0.155. The number of rotatable bonds is 5. The van der Waals surface area contributed by atoms with Crippen molar-refractivity contribution in [2.24, 2.45) is 5.92 Å². The van der Waals surface area contributed by atoms with E-state index in [2.05, 4.69) is 5.32 Å². The van der Waals surface area contributed by atoms with Gasteiger partial charge in [-0.15, -0.1) is 0 Å². The number of carboxylic acid groups (broad SMARTS) is 1. The maximum absolute atomic E-state index is 12.8. The first-order chi connectivity index (χ1) is 9.77. The third-order valence-corrected chi connectivity index (χ3v) is 2.80. The summed E-state index contributed by atoms with van der Waals surface area (Å²) in [7, 11) is 0. The Bertz CT molecular complexity index is 565. The van der Waals surface area contributed by atoms with Crippen LogP contribution in [0.1, 0.15) is 19.8 Å². The lowest BCUT2D eigenvalue weighted by Crippen LogP contribution is -2.35. The fourth-order valence-electron chi connectivity index (χ4n) is 1.61. The summed E-state index contributed by atoms with van der Waals surface area (Å²) in [6, 6.07) is 2.57. The van der Waals surface area contributed by atoms with E-state index in [-0.39, 0.29) is 23.6 Å². The molecule has 1 unspecified atom stereocenters. The van der Waals surface area contributed by atoms with E-state index in [0.29, 0.717) is 0 Å². The van der Waals surface area contributed by atoms with Crippen molar-refractivity contribution < 1.29 is 23.9 Å². The van der Waals surface area contributed by atoms with Gasteiger partial charge in [-0.25, -0.2) is 9.18 Å². The van der Waals surface area contributed by atoms with Crippen LogP contribution in [-0.2, 0) is 9.59 Å². The maximum atomic E-state index is 12.8. The van der Waals surface area contributed by atoms with E-state index in [4.69, 9.17) is 16.7 Å². The Labute approximate surface area is 125 Å².